The Balaban J connectivity index is 1.74. The molecule has 2 atom stereocenters. The summed E-state index contributed by atoms with van der Waals surface area (Å²) in [6, 6.07) is 7.65. The van der Waals surface area contributed by atoms with E-state index >= 15 is 0 Å². The van der Waals surface area contributed by atoms with Crippen molar-refractivity contribution in [3.63, 3.8) is 0 Å². The van der Waals surface area contributed by atoms with E-state index in [0.29, 0.717) is 24.9 Å². The third-order valence-electron chi connectivity index (χ3n) is 3.61. The number of hydrogen-bond donors (Lipinski definition) is 1. The van der Waals surface area contributed by atoms with Gasteiger partial charge in [0.1, 0.15) is 11.8 Å². The molecule has 0 amide bonds. The number of aromatic nitrogens is 2. The van der Waals surface area contributed by atoms with Crippen LogP contribution in [0.2, 0.25) is 0 Å². The van der Waals surface area contributed by atoms with Gasteiger partial charge in [0.05, 0.1) is 24.7 Å². The quantitative estimate of drug-likeness (QED) is 0.766. The number of fused-ring (bicyclic) bond motifs is 1. The average Bonchev–Trinajstić information content (AvgIpc) is 3.15. The molecule has 1 aromatic carbocycles. The maximum absolute atomic E-state index is 5.96. The molecule has 2 unspecified atom stereocenters. The molecule has 1 aliphatic rings. The fourth-order valence-electron chi connectivity index (χ4n) is 2.47. The van der Waals surface area contributed by atoms with Crippen molar-refractivity contribution in [2.75, 3.05) is 13.2 Å². The van der Waals surface area contributed by atoms with E-state index in [-0.39, 0.29) is 12.0 Å². The molecule has 3 heterocycles. The minimum absolute atomic E-state index is 0.0329. The largest absolute Gasteiger partial charge is 0.464 e. The molecule has 2 N–H and O–H groups in total. The maximum Gasteiger partial charge on any atom is 0.234 e. The van der Waals surface area contributed by atoms with Crippen LogP contribution in [0, 0.1) is 0 Å². The highest BCUT2D eigenvalue weighted by Gasteiger charge is 2.31. The van der Waals surface area contributed by atoms with Crippen LogP contribution >= 0.6 is 0 Å². The standard InChI is InChI=1S/C14H13N3O3/c15-11-7-18-5-10(11)14-16-13(17-20-14)9-6-19-12-4-2-1-3-8(9)12/h1-4,6,10-11H,5,7,15H2. The second-order valence-corrected chi connectivity index (χ2v) is 4.91. The van der Waals surface area contributed by atoms with Gasteiger partial charge < -0.3 is 19.4 Å². The van der Waals surface area contributed by atoms with Gasteiger partial charge in [0.25, 0.3) is 0 Å². The number of furan rings is 1. The summed E-state index contributed by atoms with van der Waals surface area (Å²) in [5.74, 6) is 1.01. The Morgan fingerprint density at radius 1 is 1.20 bits per heavy atom. The Kier molecular flexibility index (Phi) is 2.58. The van der Waals surface area contributed by atoms with Crippen LogP contribution in [0.15, 0.2) is 39.5 Å². The zero-order valence-corrected chi connectivity index (χ0v) is 10.7. The predicted molar refractivity (Wildman–Crippen MR) is 71.0 cm³/mol. The smallest absolute Gasteiger partial charge is 0.234 e. The molecule has 2 aromatic heterocycles. The van der Waals surface area contributed by atoms with Gasteiger partial charge in [-0.25, -0.2) is 0 Å². The highest BCUT2D eigenvalue weighted by atomic mass is 16.5. The molecule has 0 spiro atoms. The van der Waals surface area contributed by atoms with E-state index in [9.17, 15) is 0 Å². The van der Waals surface area contributed by atoms with Crippen LogP contribution in [-0.4, -0.2) is 29.4 Å². The first-order valence-corrected chi connectivity index (χ1v) is 6.46. The number of ether oxygens (including phenoxy) is 1. The number of benzene rings is 1. The molecule has 102 valence electrons. The van der Waals surface area contributed by atoms with Crippen molar-refractivity contribution in [3.05, 3.63) is 36.4 Å². The van der Waals surface area contributed by atoms with Crippen LogP contribution in [-0.2, 0) is 4.74 Å². The number of hydrogen-bond acceptors (Lipinski definition) is 6. The summed E-state index contributed by atoms with van der Waals surface area (Å²) < 4.78 is 16.1. The SMILES string of the molecule is NC1COCC1c1nc(-c2coc3ccccc23)no1. The topological polar surface area (TPSA) is 87.3 Å². The summed E-state index contributed by atoms with van der Waals surface area (Å²) in [4.78, 5) is 4.44. The highest BCUT2D eigenvalue weighted by molar-refractivity contribution is 5.91. The molecule has 1 fully saturated rings. The normalized spacial score (nSPS) is 22.6. The Labute approximate surface area is 114 Å². The number of rotatable bonds is 2. The van der Waals surface area contributed by atoms with Crippen LogP contribution in [0.25, 0.3) is 22.4 Å². The molecule has 0 saturated carbocycles. The van der Waals surface area contributed by atoms with E-state index in [1.54, 1.807) is 6.26 Å². The molecule has 0 radical (unpaired) electrons. The van der Waals surface area contributed by atoms with Crippen LogP contribution in [0.5, 0.6) is 0 Å². The zero-order chi connectivity index (χ0) is 13.5. The fraction of sp³-hybridized carbons (Fsp3) is 0.286. The molecule has 3 aromatic rings. The summed E-state index contributed by atoms with van der Waals surface area (Å²) in [5, 5.41) is 5.00. The van der Waals surface area contributed by atoms with Crippen molar-refractivity contribution in [2.45, 2.75) is 12.0 Å². The molecule has 0 aliphatic carbocycles. The second-order valence-electron chi connectivity index (χ2n) is 4.91. The Hall–Kier alpha value is -2.18. The fourth-order valence-corrected chi connectivity index (χ4v) is 2.47. The minimum Gasteiger partial charge on any atom is -0.464 e. The molecule has 1 aliphatic heterocycles. The third-order valence-corrected chi connectivity index (χ3v) is 3.61. The molecule has 1 saturated heterocycles. The lowest BCUT2D eigenvalue weighted by Gasteiger charge is -2.05. The minimum atomic E-state index is -0.0932. The molecule has 20 heavy (non-hydrogen) atoms. The lowest BCUT2D eigenvalue weighted by molar-refractivity contribution is 0.187. The number of nitrogens with zero attached hydrogens (tertiary/aromatic N) is 2. The summed E-state index contributed by atoms with van der Waals surface area (Å²) >= 11 is 0. The molecular weight excluding hydrogens is 258 g/mol. The Morgan fingerprint density at radius 3 is 2.95 bits per heavy atom. The monoisotopic (exact) mass is 271 g/mol. The predicted octanol–water partition coefficient (Wildman–Crippen LogP) is 1.92. The van der Waals surface area contributed by atoms with Gasteiger partial charge in [0, 0.05) is 11.4 Å². The first-order chi connectivity index (χ1) is 9.83. The number of para-hydroxylation sites is 1. The molecule has 4 rings (SSSR count). The van der Waals surface area contributed by atoms with Gasteiger partial charge in [-0.05, 0) is 6.07 Å². The third kappa shape index (κ3) is 1.73. The van der Waals surface area contributed by atoms with E-state index in [4.69, 9.17) is 19.4 Å². The molecule has 6 heteroatoms. The van der Waals surface area contributed by atoms with Crippen LogP contribution in [0.1, 0.15) is 11.8 Å². The number of nitrogens with two attached hydrogens (primary N) is 1. The van der Waals surface area contributed by atoms with Gasteiger partial charge in [-0.15, -0.1) is 0 Å². The zero-order valence-electron chi connectivity index (χ0n) is 10.7. The van der Waals surface area contributed by atoms with Crippen molar-refractivity contribution in [1.82, 2.24) is 10.1 Å². The van der Waals surface area contributed by atoms with Crippen LogP contribution < -0.4 is 5.73 Å². The Morgan fingerprint density at radius 2 is 2.10 bits per heavy atom. The summed E-state index contributed by atoms with van der Waals surface area (Å²) in [6.07, 6.45) is 1.64. The Bertz CT molecular complexity index is 749. The van der Waals surface area contributed by atoms with Gasteiger partial charge >= 0.3 is 0 Å². The van der Waals surface area contributed by atoms with E-state index in [2.05, 4.69) is 10.1 Å². The van der Waals surface area contributed by atoms with Crippen molar-refractivity contribution in [3.8, 4) is 11.4 Å². The molecule has 0 bridgehead atoms. The van der Waals surface area contributed by atoms with E-state index in [1.807, 2.05) is 24.3 Å². The second kappa shape index (κ2) is 4.43. The van der Waals surface area contributed by atoms with Gasteiger partial charge in [-0.2, -0.15) is 4.98 Å². The van der Waals surface area contributed by atoms with Gasteiger partial charge in [-0.3, -0.25) is 0 Å². The summed E-state index contributed by atoms with van der Waals surface area (Å²) in [5.41, 5.74) is 7.58. The maximum atomic E-state index is 5.96. The van der Waals surface area contributed by atoms with Crippen LogP contribution in [0.4, 0.5) is 0 Å². The van der Waals surface area contributed by atoms with E-state index in [1.165, 1.54) is 0 Å². The van der Waals surface area contributed by atoms with Crippen molar-refractivity contribution >= 4 is 11.0 Å². The first kappa shape index (κ1) is 11.6. The van der Waals surface area contributed by atoms with Gasteiger partial charge in [-0.1, -0.05) is 23.4 Å². The van der Waals surface area contributed by atoms with Crippen molar-refractivity contribution in [2.24, 2.45) is 5.73 Å². The lowest BCUT2D eigenvalue weighted by Crippen LogP contribution is -2.26. The van der Waals surface area contributed by atoms with Gasteiger partial charge in [0.2, 0.25) is 11.7 Å². The molecule has 6 nitrogen and oxygen atoms in total. The summed E-state index contributed by atoms with van der Waals surface area (Å²) in [6.45, 7) is 1.05. The van der Waals surface area contributed by atoms with Crippen LogP contribution in [0.3, 0.4) is 0 Å². The lowest BCUT2D eigenvalue weighted by atomic mass is 10.1. The summed E-state index contributed by atoms with van der Waals surface area (Å²) in [7, 11) is 0. The highest BCUT2D eigenvalue weighted by Crippen LogP contribution is 2.30. The van der Waals surface area contributed by atoms with Crippen molar-refractivity contribution < 1.29 is 13.7 Å². The first-order valence-electron chi connectivity index (χ1n) is 6.46. The van der Waals surface area contributed by atoms with E-state index in [0.717, 1.165) is 16.5 Å². The molecular formula is C14H13N3O3. The van der Waals surface area contributed by atoms with Gasteiger partial charge in [0.15, 0.2) is 0 Å². The van der Waals surface area contributed by atoms with Crippen molar-refractivity contribution in [1.29, 1.82) is 0 Å². The van der Waals surface area contributed by atoms with E-state index < -0.39 is 0 Å². The average molecular weight is 271 g/mol.